The molecular weight excluding hydrogens is 152 g/mol. The third-order valence-electron chi connectivity index (χ3n) is 1.38. The molecule has 66 valence electrons. The lowest BCUT2D eigenvalue weighted by atomic mass is 10.4. The molecule has 0 aliphatic carbocycles. The van der Waals surface area contributed by atoms with E-state index in [1.165, 1.54) is 0 Å². The van der Waals surface area contributed by atoms with E-state index in [1.807, 2.05) is 25.9 Å². The summed E-state index contributed by atoms with van der Waals surface area (Å²) in [4.78, 5) is 10.3. The monoisotopic (exact) mass is 166 g/mol. The number of anilines is 1. The quantitative estimate of drug-likeness (QED) is 0.692. The maximum absolute atomic E-state index is 5.57. The van der Waals surface area contributed by atoms with Crippen molar-refractivity contribution in [3.05, 3.63) is 17.6 Å². The predicted octanol–water partition coefficient (Wildman–Crippen LogP) is 0.429. The van der Waals surface area contributed by atoms with Gasteiger partial charge in [-0.3, -0.25) is 0 Å². The number of nitrogen functional groups attached to an aromatic ring is 1. The van der Waals surface area contributed by atoms with Crippen LogP contribution in [0, 0.1) is 6.92 Å². The topological polar surface area (TPSA) is 55.0 Å². The van der Waals surface area contributed by atoms with Gasteiger partial charge in [-0.15, -0.1) is 0 Å². The summed E-state index contributed by atoms with van der Waals surface area (Å²) >= 11 is 0. The Morgan fingerprint density at radius 1 is 1.42 bits per heavy atom. The standard InChI is InChI=1S/C8H14N4/c1-6-4-7(9)11-8(10-6)5-12(2)3/h4H,5H2,1-3H3,(H2,9,10,11). The van der Waals surface area contributed by atoms with E-state index < -0.39 is 0 Å². The minimum atomic E-state index is 0.541. The summed E-state index contributed by atoms with van der Waals surface area (Å²) in [6.07, 6.45) is 0. The van der Waals surface area contributed by atoms with Crippen LogP contribution < -0.4 is 5.73 Å². The van der Waals surface area contributed by atoms with Crippen LogP contribution in [0.15, 0.2) is 6.07 Å². The van der Waals surface area contributed by atoms with Crippen molar-refractivity contribution < 1.29 is 0 Å². The van der Waals surface area contributed by atoms with Gasteiger partial charge in [0.05, 0.1) is 6.54 Å². The highest BCUT2D eigenvalue weighted by Crippen LogP contribution is 2.02. The highest BCUT2D eigenvalue weighted by atomic mass is 15.1. The van der Waals surface area contributed by atoms with Crippen LogP contribution in [-0.2, 0) is 6.54 Å². The van der Waals surface area contributed by atoms with E-state index in [0.717, 1.165) is 18.1 Å². The number of hydrogen-bond acceptors (Lipinski definition) is 4. The van der Waals surface area contributed by atoms with Crippen molar-refractivity contribution in [2.45, 2.75) is 13.5 Å². The lowest BCUT2D eigenvalue weighted by molar-refractivity contribution is 0.390. The Morgan fingerprint density at radius 2 is 2.08 bits per heavy atom. The van der Waals surface area contributed by atoms with Gasteiger partial charge in [0.15, 0.2) is 0 Å². The Bertz CT molecular complexity index is 250. The summed E-state index contributed by atoms with van der Waals surface area (Å²) in [5.41, 5.74) is 6.48. The van der Waals surface area contributed by atoms with Crippen LogP contribution in [0.25, 0.3) is 0 Å². The molecule has 0 saturated heterocycles. The van der Waals surface area contributed by atoms with Crippen LogP contribution in [0.4, 0.5) is 5.82 Å². The Labute approximate surface area is 72.4 Å². The molecule has 2 N–H and O–H groups in total. The molecule has 0 bridgehead atoms. The first-order chi connectivity index (χ1) is 5.58. The number of nitrogens with zero attached hydrogens (tertiary/aromatic N) is 3. The van der Waals surface area contributed by atoms with Crippen LogP contribution in [0.5, 0.6) is 0 Å². The van der Waals surface area contributed by atoms with Gasteiger partial charge in [0, 0.05) is 11.8 Å². The summed E-state index contributed by atoms with van der Waals surface area (Å²) in [5.74, 6) is 1.32. The fourth-order valence-electron chi connectivity index (χ4n) is 1.01. The zero-order valence-corrected chi connectivity index (χ0v) is 7.70. The zero-order valence-electron chi connectivity index (χ0n) is 7.70. The minimum absolute atomic E-state index is 0.541. The van der Waals surface area contributed by atoms with Gasteiger partial charge >= 0.3 is 0 Å². The summed E-state index contributed by atoms with van der Waals surface area (Å²) < 4.78 is 0. The van der Waals surface area contributed by atoms with E-state index in [1.54, 1.807) is 6.07 Å². The van der Waals surface area contributed by atoms with Gasteiger partial charge in [0.2, 0.25) is 0 Å². The molecule has 0 unspecified atom stereocenters. The van der Waals surface area contributed by atoms with Gasteiger partial charge in [-0.1, -0.05) is 0 Å². The SMILES string of the molecule is Cc1cc(N)nc(CN(C)C)n1. The van der Waals surface area contributed by atoms with Crippen molar-refractivity contribution in [2.24, 2.45) is 0 Å². The first-order valence-electron chi connectivity index (χ1n) is 3.82. The van der Waals surface area contributed by atoms with Gasteiger partial charge in [-0.2, -0.15) is 0 Å². The highest BCUT2D eigenvalue weighted by Gasteiger charge is 2.00. The maximum Gasteiger partial charge on any atom is 0.144 e. The lowest BCUT2D eigenvalue weighted by Crippen LogP contribution is -2.14. The largest absolute Gasteiger partial charge is 0.384 e. The molecule has 0 saturated carbocycles. The van der Waals surface area contributed by atoms with E-state index in [2.05, 4.69) is 9.97 Å². The second-order valence-electron chi connectivity index (χ2n) is 3.09. The third-order valence-corrected chi connectivity index (χ3v) is 1.38. The predicted molar refractivity (Wildman–Crippen MR) is 48.6 cm³/mol. The van der Waals surface area contributed by atoms with Crippen LogP contribution in [0.3, 0.4) is 0 Å². The fraction of sp³-hybridized carbons (Fsp3) is 0.500. The molecule has 1 aromatic heterocycles. The number of rotatable bonds is 2. The average Bonchev–Trinajstić information content (AvgIpc) is 1.81. The van der Waals surface area contributed by atoms with E-state index >= 15 is 0 Å². The summed E-state index contributed by atoms with van der Waals surface area (Å²) in [6.45, 7) is 2.64. The summed E-state index contributed by atoms with van der Waals surface area (Å²) in [7, 11) is 3.95. The lowest BCUT2D eigenvalue weighted by Gasteiger charge is -2.08. The average molecular weight is 166 g/mol. The second kappa shape index (κ2) is 3.49. The maximum atomic E-state index is 5.57. The summed E-state index contributed by atoms with van der Waals surface area (Å²) in [6, 6.07) is 1.76. The second-order valence-corrected chi connectivity index (χ2v) is 3.09. The van der Waals surface area contributed by atoms with E-state index in [9.17, 15) is 0 Å². The Hall–Kier alpha value is -1.16. The highest BCUT2D eigenvalue weighted by molar-refractivity contribution is 5.29. The van der Waals surface area contributed by atoms with Crippen LogP contribution in [-0.4, -0.2) is 29.0 Å². The van der Waals surface area contributed by atoms with Crippen molar-refractivity contribution in [2.75, 3.05) is 19.8 Å². The molecule has 1 heterocycles. The smallest absolute Gasteiger partial charge is 0.144 e. The molecule has 0 atom stereocenters. The van der Waals surface area contributed by atoms with Gasteiger partial charge in [-0.05, 0) is 21.0 Å². The van der Waals surface area contributed by atoms with Crippen LogP contribution in [0.2, 0.25) is 0 Å². The third kappa shape index (κ3) is 2.47. The Kier molecular flexibility index (Phi) is 2.60. The number of aryl methyl sites for hydroxylation is 1. The molecule has 0 radical (unpaired) electrons. The molecule has 0 aliphatic rings. The van der Waals surface area contributed by atoms with Crippen molar-refractivity contribution in [1.29, 1.82) is 0 Å². The van der Waals surface area contributed by atoms with Crippen molar-refractivity contribution in [3.8, 4) is 0 Å². The van der Waals surface area contributed by atoms with Crippen LogP contribution in [0.1, 0.15) is 11.5 Å². The Morgan fingerprint density at radius 3 is 2.58 bits per heavy atom. The normalized spacial score (nSPS) is 10.7. The molecule has 4 nitrogen and oxygen atoms in total. The Balaban J connectivity index is 2.85. The number of nitrogens with two attached hydrogens (primary N) is 1. The van der Waals surface area contributed by atoms with Crippen molar-refractivity contribution in [3.63, 3.8) is 0 Å². The summed E-state index contributed by atoms with van der Waals surface area (Å²) in [5, 5.41) is 0. The fourth-order valence-corrected chi connectivity index (χ4v) is 1.01. The van der Waals surface area contributed by atoms with E-state index in [4.69, 9.17) is 5.73 Å². The molecule has 4 heteroatoms. The van der Waals surface area contributed by atoms with Gasteiger partial charge in [0.25, 0.3) is 0 Å². The van der Waals surface area contributed by atoms with E-state index in [0.29, 0.717) is 5.82 Å². The van der Waals surface area contributed by atoms with Gasteiger partial charge < -0.3 is 10.6 Å². The van der Waals surface area contributed by atoms with Gasteiger partial charge in [0.1, 0.15) is 11.6 Å². The number of hydrogen-bond donors (Lipinski definition) is 1. The molecule has 0 aromatic carbocycles. The molecular formula is C8H14N4. The molecule has 12 heavy (non-hydrogen) atoms. The van der Waals surface area contributed by atoms with Crippen LogP contribution >= 0.6 is 0 Å². The molecule has 0 fully saturated rings. The number of aromatic nitrogens is 2. The minimum Gasteiger partial charge on any atom is -0.384 e. The molecule has 0 amide bonds. The van der Waals surface area contributed by atoms with Gasteiger partial charge in [-0.25, -0.2) is 9.97 Å². The molecule has 0 spiro atoms. The molecule has 1 aromatic rings. The van der Waals surface area contributed by atoms with E-state index in [-0.39, 0.29) is 0 Å². The first-order valence-corrected chi connectivity index (χ1v) is 3.82. The zero-order chi connectivity index (χ0) is 9.14. The first kappa shape index (κ1) is 8.93. The van der Waals surface area contributed by atoms with Crippen molar-refractivity contribution in [1.82, 2.24) is 14.9 Å². The molecule has 1 rings (SSSR count). The molecule has 0 aliphatic heterocycles. The van der Waals surface area contributed by atoms with Crippen molar-refractivity contribution >= 4 is 5.82 Å².